The average Bonchev–Trinajstić information content (AvgIpc) is 3.53. The summed E-state index contributed by atoms with van der Waals surface area (Å²) in [5.74, 6) is 2.05. The molecule has 44 heavy (non-hydrogen) atoms. The smallest absolute Gasteiger partial charge is 0.275 e. The lowest BCUT2D eigenvalue weighted by Crippen LogP contribution is -2.25. The summed E-state index contributed by atoms with van der Waals surface area (Å²) < 4.78 is 16.9. The Kier molecular flexibility index (Phi) is 10.6. The van der Waals surface area contributed by atoms with Gasteiger partial charge in [-0.15, -0.1) is 11.3 Å². The number of ether oxygens (including phenoxy) is 3. The van der Waals surface area contributed by atoms with Gasteiger partial charge in [-0.1, -0.05) is 66.2 Å². The van der Waals surface area contributed by atoms with E-state index in [0.717, 1.165) is 52.6 Å². The van der Waals surface area contributed by atoms with Crippen molar-refractivity contribution in [2.45, 2.75) is 33.0 Å². The highest BCUT2D eigenvalue weighted by Crippen LogP contribution is 2.28. The first-order valence-electron chi connectivity index (χ1n) is 14.5. The van der Waals surface area contributed by atoms with Crippen molar-refractivity contribution in [1.82, 2.24) is 9.88 Å². The zero-order valence-electron chi connectivity index (χ0n) is 25.3. The Morgan fingerprint density at radius 3 is 2.27 bits per heavy atom. The Morgan fingerprint density at radius 2 is 1.55 bits per heavy atom. The predicted octanol–water partition coefficient (Wildman–Crippen LogP) is 7.54. The Labute approximate surface area is 263 Å². The van der Waals surface area contributed by atoms with Crippen molar-refractivity contribution in [3.05, 3.63) is 135 Å². The van der Waals surface area contributed by atoms with Crippen molar-refractivity contribution in [2.24, 2.45) is 0 Å². The molecule has 0 aliphatic carbocycles. The van der Waals surface area contributed by atoms with Crippen LogP contribution in [-0.2, 0) is 26.1 Å². The van der Waals surface area contributed by atoms with Crippen LogP contribution >= 0.6 is 11.3 Å². The van der Waals surface area contributed by atoms with E-state index in [1.165, 1.54) is 16.9 Å². The van der Waals surface area contributed by atoms with Gasteiger partial charge in [0, 0.05) is 24.2 Å². The zero-order chi connectivity index (χ0) is 30.7. The molecule has 0 radical (unpaired) electrons. The number of aromatic nitrogens is 1. The number of carbonyl (C=O) groups excluding carboxylic acids is 1. The fourth-order valence-electron chi connectivity index (χ4n) is 4.74. The number of nitrogens with one attached hydrogen (secondary N) is 1. The molecule has 0 saturated heterocycles. The van der Waals surface area contributed by atoms with Gasteiger partial charge in [-0.3, -0.25) is 9.69 Å². The van der Waals surface area contributed by atoms with Crippen LogP contribution in [0.5, 0.6) is 17.2 Å². The van der Waals surface area contributed by atoms with Crippen LogP contribution in [0.4, 0.5) is 5.69 Å². The van der Waals surface area contributed by atoms with Crippen LogP contribution in [0.2, 0.25) is 0 Å². The summed E-state index contributed by atoms with van der Waals surface area (Å²) in [6.45, 7) is 4.66. The van der Waals surface area contributed by atoms with Crippen molar-refractivity contribution in [3.8, 4) is 17.2 Å². The molecule has 1 N–H and O–H groups in total. The molecule has 4 aromatic carbocycles. The van der Waals surface area contributed by atoms with Gasteiger partial charge in [0.05, 0.1) is 20.8 Å². The topological polar surface area (TPSA) is 72.9 Å². The van der Waals surface area contributed by atoms with Crippen LogP contribution in [0.1, 0.15) is 37.7 Å². The van der Waals surface area contributed by atoms with Gasteiger partial charge in [0.2, 0.25) is 0 Å². The van der Waals surface area contributed by atoms with E-state index in [2.05, 4.69) is 45.5 Å². The number of methoxy groups -OCH3 is 2. The number of thiazole rings is 1. The van der Waals surface area contributed by atoms with Crippen molar-refractivity contribution < 1.29 is 19.0 Å². The summed E-state index contributed by atoms with van der Waals surface area (Å²) in [6.07, 6.45) is 0.810. The molecule has 0 fully saturated rings. The molecule has 5 rings (SSSR count). The van der Waals surface area contributed by atoms with E-state index in [9.17, 15) is 4.79 Å². The number of carbonyl (C=O) groups is 1. The van der Waals surface area contributed by atoms with Gasteiger partial charge in [0.15, 0.2) is 11.5 Å². The van der Waals surface area contributed by atoms with E-state index in [1.54, 1.807) is 14.2 Å². The van der Waals surface area contributed by atoms with E-state index in [1.807, 2.05) is 79.0 Å². The van der Waals surface area contributed by atoms with E-state index in [4.69, 9.17) is 14.2 Å². The van der Waals surface area contributed by atoms with E-state index >= 15 is 0 Å². The molecule has 0 saturated carbocycles. The maximum Gasteiger partial charge on any atom is 0.275 e. The summed E-state index contributed by atoms with van der Waals surface area (Å²) in [7, 11) is 3.29. The Bertz CT molecular complexity index is 1640. The third kappa shape index (κ3) is 8.69. The lowest BCUT2D eigenvalue weighted by molar-refractivity contribution is 0.102. The van der Waals surface area contributed by atoms with Crippen LogP contribution in [0.3, 0.4) is 0 Å². The number of rotatable bonds is 14. The van der Waals surface area contributed by atoms with Crippen LogP contribution in [0.15, 0.2) is 102 Å². The summed E-state index contributed by atoms with van der Waals surface area (Å²) in [4.78, 5) is 19.9. The number of hydrogen-bond acceptors (Lipinski definition) is 7. The molecule has 226 valence electrons. The second-order valence-electron chi connectivity index (χ2n) is 10.5. The SMILES string of the molecule is COc1ccc(CCN(Cc2ccc(OCc3ccccc3)cc2)Cc2nc(C(=O)Nc3ccc(C)cc3)cs2)cc1OC. The van der Waals surface area contributed by atoms with E-state index in [0.29, 0.717) is 30.3 Å². The van der Waals surface area contributed by atoms with Gasteiger partial charge in [-0.05, 0) is 66.4 Å². The quantitative estimate of drug-likeness (QED) is 0.141. The number of benzene rings is 4. The molecule has 0 aliphatic rings. The Balaban J connectivity index is 1.26. The van der Waals surface area contributed by atoms with Gasteiger partial charge < -0.3 is 19.5 Å². The third-order valence-corrected chi connectivity index (χ3v) is 8.03. The molecule has 0 aliphatic heterocycles. The minimum Gasteiger partial charge on any atom is -0.493 e. The van der Waals surface area contributed by atoms with Gasteiger partial charge in [0.25, 0.3) is 5.91 Å². The predicted molar refractivity (Wildman–Crippen MR) is 176 cm³/mol. The largest absolute Gasteiger partial charge is 0.493 e. The average molecular weight is 608 g/mol. The summed E-state index contributed by atoms with van der Waals surface area (Å²) in [5.41, 5.74) is 5.76. The highest BCUT2D eigenvalue weighted by molar-refractivity contribution is 7.09. The molecule has 7 nitrogen and oxygen atoms in total. The third-order valence-electron chi connectivity index (χ3n) is 7.20. The maximum absolute atomic E-state index is 12.9. The molecular formula is C36H37N3O4S. The van der Waals surface area contributed by atoms with Gasteiger partial charge in [-0.25, -0.2) is 4.98 Å². The number of hydrogen-bond donors (Lipinski definition) is 1. The monoisotopic (exact) mass is 607 g/mol. The van der Waals surface area contributed by atoms with Crippen LogP contribution in [0, 0.1) is 6.92 Å². The van der Waals surface area contributed by atoms with Gasteiger partial charge in [0.1, 0.15) is 23.1 Å². The molecule has 0 atom stereocenters. The molecule has 0 bridgehead atoms. The Hall–Kier alpha value is -4.66. The van der Waals surface area contributed by atoms with Gasteiger partial charge >= 0.3 is 0 Å². The second-order valence-corrected chi connectivity index (χ2v) is 11.5. The molecule has 0 spiro atoms. The van der Waals surface area contributed by atoms with E-state index < -0.39 is 0 Å². The minimum atomic E-state index is -0.209. The number of aryl methyl sites for hydroxylation is 1. The minimum absolute atomic E-state index is 0.209. The molecule has 1 amide bonds. The van der Waals surface area contributed by atoms with Crippen molar-refractivity contribution in [3.63, 3.8) is 0 Å². The molecule has 1 heterocycles. The molecule has 0 unspecified atom stereocenters. The maximum atomic E-state index is 12.9. The summed E-state index contributed by atoms with van der Waals surface area (Å²) in [6, 6.07) is 32.1. The van der Waals surface area contributed by atoms with Crippen LogP contribution < -0.4 is 19.5 Å². The summed E-state index contributed by atoms with van der Waals surface area (Å²) in [5, 5.41) is 5.65. The number of anilines is 1. The molecule has 5 aromatic rings. The number of nitrogens with zero attached hydrogens (tertiary/aromatic N) is 2. The highest BCUT2D eigenvalue weighted by Gasteiger charge is 2.15. The molecular weight excluding hydrogens is 570 g/mol. The molecule has 1 aromatic heterocycles. The fraction of sp³-hybridized carbons (Fsp3) is 0.222. The van der Waals surface area contributed by atoms with Gasteiger partial charge in [-0.2, -0.15) is 0 Å². The Morgan fingerprint density at radius 1 is 0.818 bits per heavy atom. The fourth-order valence-corrected chi connectivity index (χ4v) is 5.55. The van der Waals surface area contributed by atoms with E-state index in [-0.39, 0.29) is 5.91 Å². The van der Waals surface area contributed by atoms with Crippen molar-refractivity contribution >= 4 is 22.9 Å². The lowest BCUT2D eigenvalue weighted by atomic mass is 10.1. The van der Waals surface area contributed by atoms with Crippen LogP contribution in [0.25, 0.3) is 0 Å². The lowest BCUT2D eigenvalue weighted by Gasteiger charge is -2.22. The highest BCUT2D eigenvalue weighted by atomic mass is 32.1. The molecule has 8 heteroatoms. The second kappa shape index (κ2) is 15.2. The first-order valence-corrected chi connectivity index (χ1v) is 15.4. The van der Waals surface area contributed by atoms with Crippen molar-refractivity contribution in [2.75, 3.05) is 26.1 Å². The first kappa shape index (κ1) is 30.8. The zero-order valence-corrected chi connectivity index (χ0v) is 26.1. The normalized spacial score (nSPS) is 10.9. The number of amides is 1. The van der Waals surface area contributed by atoms with Crippen molar-refractivity contribution in [1.29, 1.82) is 0 Å². The summed E-state index contributed by atoms with van der Waals surface area (Å²) >= 11 is 1.50. The standard InChI is InChI=1S/C36H37N3O4S/c1-26-9-14-30(15-10-26)37-36(40)32-25-44-35(38-32)23-39(20-19-27-13-18-33(41-2)34(21-27)42-3)22-28-11-16-31(17-12-28)43-24-29-7-5-4-6-8-29/h4-18,21,25H,19-20,22-24H2,1-3H3,(H,37,40). The van der Waals surface area contributed by atoms with Crippen LogP contribution in [-0.4, -0.2) is 36.6 Å². The first-order chi connectivity index (χ1) is 21.5.